The van der Waals surface area contributed by atoms with Crippen molar-refractivity contribution in [3.63, 3.8) is 0 Å². The summed E-state index contributed by atoms with van der Waals surface area (Å²) < 4.78 is 14.1. The molecule has 4 N–H and O–H groups in total. The Hall–Kier alpha value is -4.66. The van der Waals surface area contributed by atoms with E-state index < -0.39 is 28.5 Å². The van der Waals surface area contributed by atoms with Gasteiger partial charge in [0.15, 0.2) is 0 Å². The average molecular weight is 460 g/mol. The molecule has 4 aromatic rings. The van der Waals surface area contributed by atoms with E-state index in [0.29, 0.717) is 11.3 Å². The van der Waals surface area contributed by atoms with Gasteiger partial charge < -0.3 is 15.8 Å². The maximum absolute atomic E-state index is 14.3. The zero-order valence-electron chi connectivity index (χ0n) is 18.1. The summed E-state index contributed by atoms with van der Waals surface area (Å²) in [4.78, 5) is 39.6. The van der Waals surface area contributed by atoms with Crippen molar-refractivity contribution < 1.29 is 14.4 Å². The van der Waals surface area contributed by atoms with Crippen molar-refractivity contribution >= 4 is 17.4 Å². The van der Waals surface area contributed by atoms with Gasteiger partial charge in [-0.05, 0) is 35.7 Å². The number of aryl methyl sites for hydroxylation is 1. The van der Waals surface area contributed by atoms with Crippen LogP contribution in [0.3, 0.4) is 0 Å². The van der Waals surface area contributed by atoms with E-state index in [9.17, 15) is 24.0 Å². The Morgan fingerprint density at radius 2 is 1.65 bits per heavy atom. The third-order valence-corrected chi connectivity index (χ3v) is 5.28. The van der Waals surface area contributed by atoms with Crippen LogP contribution in [0.4, 0.5) is 15.9 Å². The van der Waals surface area contributed by atoms with E-state index in [0.717, 1.165) is 11.1 Å². The molecule has 0 unspecified atom stereocenters. The number of benzene rings is 3. The average Bonchev–Trinajstić information content (AvgIpc) is 2.84. The highest BCUT2D eigenvalue weighted by atomic mass is 19.1. The predicted molar refractivity (Wildman–Crippen MR) is 126 cm³/mol. The van der Waals surface area contributed by atoms with Gasteiger partial charge >= 0.3 is 11.2 Å². The van der Waals surface area contributed by atoms with Crippen LogP contribution in [0.15, 0.2) is 82.4 Å². The Bertz CT molecular complexity index is 1460. The number of rotatable bonds is 6. The largest absolute Gasteiger partial charge is 0.421 e. The van der Waals surface area contributed by atoms with E-state index in [-0.39, 0.29) is 22.7 Å². The van der Waals surface area contributed by atoms with Crippen molar-refractivity contribution in [2.75, 3.05) is 5.32 Å². The summed E-state index contributed by atoms with van der Waals surface area (Å²) in [5.74, 6) is -1.57. The monoisotopic (exact) mass is 460 g/mol. The van der Waals surface area contributed by atoms with Crippen molar-refractivity contribution in [2.24, 2.45) is 0 Å². The summed E-state index contributed by atoms with van der Waals surface area (Å²) in [6.45, 7) is 1.40. The highest BCUT2D eigenvalue weighted by Gasteiger charge is 2.21. The van der Waals surface area contributed by atoms with Crippen molar-refractivity contribution in [1.82, 2.24) is 15.0 Å². The summed E-state index contributed by atoms with van der Waals surface area (Å²) in [6.07, 6.45) is 0. The Labute approximate surface area is 193 Å². The summed E-state index contributed by atoms with van der Waals surface area (Å²) in [5, 5.41) is 15.1. The number of H-pyrrole nitrogens is 1. The van der Waals surface area contributed by atoms with E-state index >= 15 is 0 Å². The molecule has 0 aliphatic heterocycles. The Morgan fingerprint density at radius 3 is 2.35 bits per heavy atom. The molecule has 0 atom stereocenters. The fourth-order valence-corrected chi connectivity index (χ4v) is 3.46. The van der Waals surface area contributed by atoms with Gasteiger partial charge in [0, 0.05) is 17.8 Å². The van der Waals surface area contributed by atoms with Gasteiger partial charge in [0.2, 0.25) is 0 Å². The second-order valence-corrected chi connectivity index (χ2v) is 7.60. The lowest BCUT2D eigenvalue weighted by atomic mass is 10.1. The molecule has 0 aliphatic carbocycles. The zero-order valence-corrected chi connectivity index (χ0v) is 18.1. The minimum absolute atomic E-state index is 0.189. The molecule has 0 aliphatic rings. The molecule has 172 valence electrons. The lowest BCUT2D eigenvalue weighted by molar-refractivity contribution is 0.0939. The Balaban J connectivity index is 1.62. The topological polar surface area (TPSA) is 116 Å². The van der Waals surface area contributed by atoms with Gasteiger partial charge in [-0.25, -0.2) is 9.18 Å². The number of hydrogen-bond donors (Lipinski definition) is 4. The highest BCUT2D eigenvalue weighted by molar-refractivity contribution is 5.99. The van der Waals surface area contributed by atoms with E-state index in [4.69, 9.17) is 0 Å². The lowest BCUT2D eigenvalue weighted by Crippen LogP contribution is -2.40. The maximum Gasteiger partial charge on any atom is 0.363 e. The third-order valence-electron chi connectivity index (χ3n) is 5.28. The maximum atomic E-state index is 14.3. The number of halogens is 1. The van der Waals surface area contributed by atoms with E-state index in [1.165, 1.54) is 6.07 Å². The van der Waals surface area contributed by atoms with Crippen LogP contribution in [0.1, 0.15) is 21.5 Å². The molecule has 1 heterocycles. The first-order chi connectivity index (χ1) is 16.3. The first-order valence-corrected chi connectivity index (χ1v) is 10.4. The van der Waals surface area contributed by atoms with Crippen LogP contribution < -0.4 is 21.9 Å². The van der Waals surface area contributed by atoms with Gasteiger partial charge in [0.1, 0.15) is 17.2 Å². The number of carbonyl (C=O) groups is 1. The lowest BCUT2D eigenvalue weighted by Gasteiger charge is -2.13. The number of hydrogen-bond acceptors (Lipinski definition) is 5. The van der Waals surface area contributed by atoms with Crippen molar-refractivity contribution in [2.45, 2.75) is 13.5 Å². The molecule has 0 bridgehead atoms. The van der Waals surface area contributed by atoms with Crippen LogP contribution in [0.25, 0.3) is 11.1 Å². The summed E-state index contributed by atoms with van der Waals surface area (Å²) >= 11 is 0. The van der Waals surface area contributed by atoms with E-state index in [2.05, 4.69) is 15.6 Å². The SMILES string of the molecule is Cc1cccc(CNC(=O)c2c(Nc3ccc(-c4ccccc4)cc3)[nH]c(=O)n(O)c2=O)c1F. The third kappa shape index (κ3) is 4.58. The van der Waals surface area contributed by atoms with Crippen LogP contribution in [0.2, 0.25) is 0 Å². The number of nitrogens with one attached hydrogen (secondary N) is 3. The number of carbonyl (C=O) groups excluding carboxylic acids is 1. The second kappa shape index (κ2) is 9.45. The number of anilines is 2. The van der Waals surface area contributed by atoms with Gasteiger partial charge in [0.05, 0.1) is 0 Å². The fraction of sp³-hybridized carbons (Fsp3) is 0.0800. The number of aromatic nitrogens is 2. The standard InChI is InChI=1S/C25H21FN4O4/c1-15-6-5-9-18(21(15)26)14-27-23(31)20-22(29-25(33)30(34)24(20)32)28-19-12-10-17(11-13-19)16-7-3-2-4-8-16/h2-13,28,34H,14H2,1H3,(H,27,31)(H,29,33). The van der Waals surface area contributed by atoms with Crippen molar-refractivity contribution in [3.05, 3.63) is 116 Å². The van der Waals surface area contributed by atoms with Crippen LogP contribution in [0.5, 0.6) is 0 Å². The number of amides is 1. The number of aromatic amines is 1. The van der Waals surface area contributed by atoms with E-state index in [1.54, 1.807) is 31.2 Å². The Kier molecular flexibility index (Phi) is 6.26. The van der Waals surface area contributed by atoms with Crippen molar-refractivity contribution in [3.8, 4) is 11.1 Å². The first kappa shape index (κ1) is 22.5. The predicted octanol–water partition coefficient (Wildman–Crippen LogP) is 3.56. The minimum atomic E-state index is -1.21. The molecule has 1 aromatic heterocycles. The van der Waals surface area contributed by atoms with Gasteiger partial charge in [-0.15, -0.1) is 0 Å². The van der Waals surface area contributed by atoms with Crippen LogP contribution in [-0.2, 0) is 6.54 Å². The molecule has 1 amide bonds. The molecule has 0 saturated heterocycles. The van der Waals surface area contributed by atoms with E-state index in [1.807, 2.05) is 42.5 Å². The van der Waals surface area contributed by atoms with Gasteiger partial charge in [0.25, 0.3) is 5.91 Å². The molecule has 4 rings (SSSR count). The molecule has 0 radical (unpaired) electrons. The smallest absolute Gasteiger partial charge is 0.363 e. The van der Waals surface area contributed by atoms with Crippen molar-refractivity contribution in [1.29, 1.82) is 0 Å². The van der Waals surface area contributed by atoms with Crippen LogP contribution >= 0.6 is 0 Å². The summed E-state index contributed by atoms with van der Waals surface area (Å²) in [7, 11) is 0. The molecule has 0 saturated carbocycles. The Morgan fingerprint density at radius 1 is 0.971 bits per heavy atom. The molecule has 8 nitrogen and oxygen atoms in total. The molecule has 0 fully saturated rings. The first-order valence-electron chi connectivity index (χ1n) is 10.4. The number of nitrogens with zero attached hydrogens (tertiary/aromatic N) is 1. The van der Waals surface area contributed by atoms with Gasteiger partial charge in [-0.1, -0.05) is 65.4 Å². The fourth-order valence-electron chi connectivity index (χ4n) is 3.46. The van der Waals surface area contributed by atoms with Crippen LogP contribution in [-0.4, -0.2) is 20.8 Å². The molecule has 9 heteroatoms. The van der Waals surface area contributed by atoms with Gasteiger partial charge in [-0.3, -0.25) is 14.6 Å². The molecular weight excluding hydrogens is 439 g/mol. The molecule has 0 spiro atoms. The van der Waals surface area contributed by atoms with Crippen LogP contribution in [0, 0.1) is 12.7 Å². The summed E-state index contributed by atoms with van der Waals surface area (Å²) in [6, 6.07) is 21.5. The zero-order chi connectivity index (χ0) is 24.2. The normalized spacial score (nSPS) is 10.6. The quantitative estimate of drug-likeness (QED) is 0.328. The highest BCUT2D eigenvalue weighted by Crippen LogP contribution is 2.23. The second-order valence-electron chi connectivity index (χ2n) is 7.60. The minimum Gasteiger partial charge on any atom is -0.421 e. The summed E-state index contributed by atoms with van der Waals surface area (Å²) in [5.41, 5.74) is 0.232. The molecule has 3 aromatic carbocycles. The molecule has 34 heavy (non-hydrogen) atoms. The molecular formula is C25H21FN4O4. The van der Waals surface area contributed by atoms with Gasteiger partial charge in [-0.2, -0.15) is 0 Å².